The molecule has 0 aliphatic heterocycles. The zero-order valence-electron chi connectivity index (χ0n) is 17.1. The van der Waals surface area contributed by atoms with Crippen LogP contribution >= 0.6 is 0 Å². The van der Waals surface area contributed by atoms with E-state index in [0.717, 1.165) is 32.1 Å². The van der Waals surface area contributed by atoms with E-state index in [0.29, 0.717) is 11.4 Å². The minimum atomic E-state index is -3.61. The van der Waals surface area contributed by atoms with Gasteiger partial charge in [0.05, 0.1) is 9.82 Å². The van der Waals surface area contributed by atoms with Crippen LogP contribution in [0.1, 0.15) is 39.0 Å². The van der Waals surface area contributed by atoms with Gasteiger partial charge in [0.1, 0.15) is 5.75 Å². The summed E-state index contributed by atoms with van der Waals surface area (Å²) < 4.78 is 33.4. The van der Waals surface area contributed by atoms with Crippen molar-refractivity contribution in [1.82, 2.24) is 4.72 Å². The Bertz CT molecular complexity index is 1020. The molecule has 1 fully saturated rings. The second-order valence-electron chi connectivity index (χ2n) is 7.48. The fraction of sp³-hybridized carbons (Fsp3) is 0.381. The van der Waals surface area contributed by atoms with E-state index in [2.05, 4.69) is 10.0 Å². The summed E-state index contributed by atoms with van der Waals surface area (Å²) in [5, 5.41) is 13.4. The summed E-state index contributed by atoms with van der Waals surface area (Å²) in [6, 6.07) is 11.3. The highest BCUT2D eigenvalue weighted by atomic mass is 32.2. The quantitative estimate of drug-likeness (QED) is 0.470. The summed E-state index contributed by atoms with van der Waals surface area (Å²) in [4.78, 5) is 22.7. The molecule has 0 heterocycles. The predicted octanol–water partition coefficient (Wildman–Crippen LogP) is 3.61. The molecule has 0 unspecified atom stereocenters. The number of amides is 1. The Morgan fingerprint density at radius 1 is 1.06 bits per heavy atom. The van der Waals surface area contributed by atoms with Crippen LogP contribution in [0.5, 0.6) is 5.75 Å². The fourth-order valence-corrected chi connectivity index (χ4v) is 4.68. The Kier molecular flexibility index (Phi) is 7.24. The van der Waals surface area contributed by atoms with Crippen molar-refractivity contribution in [3.05, 3.63) is 58.6 Å². The molecule has 1 aliphatic rings. The first-order chi connectivity index (χ1) is 14.7. The first-order valence-electron chi connectivity index (χ1n) is 10.1. The summed E-state index contributed by atoms with van der Waals surface area (Å²) in [6.07, 6.45) is 4.02. The van der Waals surface area contributed by atoms with Crippen molar-refractivity contribution in [2.45, 2.75) is 56.1 Å². The maximum atomic E-state index is 12.6. The van der Waals surface area contributed by atoms with Crippen LogP contribution in [-0.2, 0) is 14.8 Å². The van der Waals surface area contributed by atoms with Gasteiger partial charge in [0.2, 0.25) is 10.0 Å². The van der Waals surface area contributed by atoms with Crippen molar-refractivity contribution in [3.63, 3.8) is 0 Å². The fourth-order valence-electron chi connectivity index (χ4n) is 3.37. The SMILES string of the molecule is C[C@@H](Oc1ccc([N+](=O)[O-])cc1)C(=O)Nc1ccc(S(=O)(=O)NC2CCCCC2)cc1. The van der Waals surface area contributed by atoms with Gasteiger partial charge in [-0.15, -0.1) is 0 Å². The monoisotopic (exact) mass is 447 g/mol. The Labute approximate surface area is 181 Å². The molecule has 1 aliphatic carbocycles. The number of sulfonamides is 1. The summed E-state index contributed by atoms with van der Waals surface area (Å²) in [5.74, 6) is -0.113. The van der Waals surface area contributed by atoms with Crippen LogP contribution in [0, 0.1) is 10.1 Å². The number of ether oxygens (including phenoxy) is 1. The van der Waals surface area contributed by atoms with Gasteiger partial charge in [-0.25, -0.2) is 13.1 Å². The molecular weight excluding hydrogens is 422 g/mol. The number of hydrogen-bond acceptors (Lipinski definition) is 6. The first kappa shape index (κ1) is 22.7. The maximum Gasteiger partial charge on any atom is 0.269 e. The molecule has 1 saturated carbocycles. The van der Waals surface area contributed by atoms with Gasteiger partial charge in [-0.1, -0.05) is 19.3 Å². The summed E-state index contributed by atoms with van der Waals surface area (Å²) in [5.41, 5.74) is 0.359. The predicted molar refractivity (Wildman–Crippen MR) is 115 cm³/mol. The molecule has 9 nitrogen and oxygen atoms in total. The summed E-state index contributed by atoms with van der Waals surface area (Å²) >= 11 is 0. The molecule has 1 atom stereocenters. The average Bonchev–Trinajstić information content (AvgIpc) is 2.75. The molecule has 0 bridgehead atoms. The minimum Gasteiger partial charge on any atom is -0.481 e. The van der Waals surface area contributed by atoms with Gasteiger partial charge in [-0.05, 0) is 56.2 Å². The zero-order chi connectivity index (χ0) is 22.4. The summed E-state index contributed by atoms with van der Waals surface area (Å²) in [7, 11) is -3.61. The average molecular weight is 448 g/mol. The third-order valence-electron chi connectivity index (χ3n) is 5.09. The molecule has 0 spiro atoms. The molecule has 3 rings (SSSR count). The van der Waals surface area contributed by atoms with Gasteiger partial charge in [-0.3, -0.25) is 14.9 Å². The Hall–Kier alpha value is -2.98. The largest absolute Gasteiger partial charge is 0.481 e. The second kappa shape index (κ2) is 9.88. The standard InChI is InChI=1S/C21H25N3O6S/c1-15(30-19-11-9-18(10-12-19)24(26)27)21(25)22-16-7-13-20(14-8-16)31(28,29)23-17-5-3-2-4-6-17/h7-15,17,23H,2-6H2,1H3,(H,22,25)/t15-/m1/s1. The molecular formula is C21H25N3O6S. The highest BCUT2D eigenvalue weighted by Gasteiger charge is 2.22. The van der Waals surface area contributed by atoms with E-state index in [4.69, 9.17) is 4.74 Å². The molecule has 0 radical (unpaired) electrons. The van der Waals surface area contributed by atoms with Crippen LogP contribution in [0.2, 0.25) is 0 Å². The lowest BCUT2D eigenvalue weighted by molar-refractivity contribution is -0.384. The van der Waals surface area contributed by atoms with E-state index in [9.17, 15) is 23.3 Å². The Morgan fingerprint density at radius 2 is 1.68 bits per heavy atom. The van der Waals surface area contributed by atoms with Crippen LogP contribution < -0.4 is 14.8 Å². The number of non-ortho nitro benzene ring substituents is 1. The van der Waals surface area contributed by atoms with Crippen molar-refractivity contribution >= 4 is 27.3 Å². The van der Waals surface area contributed by atoms with Gasteiger partial charge in [0.15, 0.2) is 6.10 Å². The first-order valence-corrected chi connectivity index (χ1v) is 11.6. The van der Waals surface area contributed by atoms with E-state index in [1.807, 2.05) is 0 Å². The number of nitro benzene ring substituents is 1. The molecule has 0 saturated heterocycles. The molecule has 2 aromatic rings. The normalized spacial score (nSPS) is 15.8. The molecule has 166 valence electrons. The highest BCUT2D eigenvalue weighted by Crippen LogP contribution is 2.22. The molecule has 31 heavy (non-hydrogen) atoms. The van der Waals surface area contributed by atoms with Crippen molar-refractivity contribution in [3.8, 4) is 5.75 Å². The number of nitro groups is 1. The number of anilines is 1. The van der Waals surface area contributed by atoms with E-state index >= 15 is 0 Å². The maximum absolute atomic E-state index is 12.6. The van der Waals surface area contributed by atoms with Gasteiger partial charge in [0, 0.05) is 23.9 Å². The molecule has 1 amide bonds. The van der Waals surface area contributed by atoms with Crippen LogP contribution in [0.3, 0.4) is 0 Å². The van der Waals surface area contributed by atoms with Crippen LogP contribution in [0.25, 0.3) is 0 Å². The highest BCUT2D eigenvalue weighted by molar-refractivity contribution is 7.89. The van der Waals surface area contributed by atoms with Crippen LogP contribution in [-0.4, -0.2) is 31.4 Å². The van der Waals surface area contributed by atoms with Crippen molar-refractivity contribution < 1.29 is 22.9 Å². The number of rotatable bonds is 8. The van der Waals surface area contributed by atoms with Crippen LogP contribution in [0.4, 0.5) is 11.4 Å². The van der Waals surface area contributed by atoms with Gasteiger partial charge < -0.3 is 10.1 Å². The third-order valence-corrected chi connectivity index (χ3v) is 6.63. The minimum absolute atomic E-state index is 0.0319. The summed E-state index contributed by atoms with van der Waals surface area (Å²) in [6.45, 7) is 1.55. The lowest BCUT2D eigenvalue weighted by Gasteiger charge is -2.22. The van der Waals surface area contributed by atoms with Crippen molar-refractivity contribution in [2.24, 2.45) is 0 Å². The number of nitrogens with zero attached hydrogens (tertiary/aromatic N) is 1. The number of nitrogens with one attached hydrogen (secondary N) is 2. The second-order valence-corrected chi connectivity index (χ2v) is 9.19. The van der Waals surface area contributed by atoms with Gasteiger partial charge >= 0.3 is 0 Å². The smallest absolute Gasteiger partial charge is 0.269 e. The lowest BCUT2D eigenvalue weighted by Crippen LogP contribution is -2.36. The third kappa shape index (κ3) is 6.25. The number of carbonyl (C=O) groups is 1. The Balaban J connectivity index is 1.56. The zero-order valence-corrected chi connectivity index (χ0v) is 17.9. The molecule has 2 N–H and O–H groups in total. The van der Waals surface area contributed by atoms with Gasteiger partial charge in [0.25, 0.3) is 11.6 Å². The number of hydrogen-bond donors (Lipinski definition) is 2. The number of benzene rings is 2. The Morgan fingerprint density at radius 3 is 2.26 bits per heavy atom. The number of carbonyl (C=O) groups excluding carboxylic acids is 1. The van der Waals surface area contributed by atoms with Crippen molar-refractivity contribution in [1.29, 1.82) is 0 Å². The van der Waals surface area contributed by atoms with E-state index in [-0.39, 0.29) is 16.6 Å². The molecule has 0 aromatic heterocycles. The van der Waals surface area contributed by atoms with E-state index in [1.165, 1.54) is 48.5 Å². The molecule has 10 heteroatoms. The topological polar surface area (TPSA) is 128 Å². The van der Waals surface area contributed by atoms with E-state index in [1.54, 1.807) is 6.92 Å². The van der Waals surface area contributed by atoms with E-state index < -0.39 is 27.0 Å². The van der Waals surface area contributed by atoms with Crippen molar-refractivity contribution in [2.75, 3.05) is 5.32 Å². The lowest BCUT2D eigenvalue weighted by atomic mass is 9.96. The van der Waals surface area contributed by atoms with Gasteiger partial charge in [-0.2, -0.15) is 0 Å². The van der Waals surface area contributed by atoms with Crippen LogP contribution in [0.15, 0.2) is 53.4 Å². The molecule has 2 aromatic carbocycles.